The van der Waals surface area contributed by atoms with E-state index in [1.165, 1.54) is 16.3 Å². The minimum absolute atomic E-state index is 0.00142. The number of carbonyl (C=O) groups excluding carboxylic acids is 1. The van der Waals surface area contributed by atoms with Crippen molar-refractivity contribution in [3.63, 3.8) is 0 Å². The lowest BCUT2D eigenvalue weighted by atomic mass is 9.87. The summed E-state index contributed by atoms with van der Waals surface area (Å²) in [5, 5.41) is 7.74. The van der Waals surface area contributed by atoms with Gasteiger partial charge in [0.1, 0.15) is 0 Å². The van der Waals surface area contributed by atoms with Crippen LogP contribution >= 0.6 is 0 Å². The summed E-state index contributed by atoms with van der Waals surface area (Å²) < 4.78 is 0. The molecule has 4 aromatic rings. The lowest BCUT2D eigenvalue weighted by Crippen LogP contribution is -2.25. The molecule has 0 atom stereocenters. The molecule has 0 heterocycles. The van der Waals surface area contributed by atoms with E-state index in [1.54, 1.807) is 0 Å². The largest absolute Gasteiger partial charge is 0.352 e. The normalized spacial score (nSPS) is 11.1. The average Bonchev–Trinajstić information content (AvgIpc) is 2.73. The van der Waals surface area contributed by atoms with Gasteiger partial charge in [-0.05, 0) is 52.1 Å². The molecule has 1 N–H and O–H groups in total. The van der Waals surface area contributed by atoms with Gasteiger partial charge in [0.05, 0.1) is 0 Å². The van der Waals surface area contributed by atoms with Gasteiger partial charge in [-0.2, -0.15) is 0 Å². The first-order valence-corrected chi connectivity index (χ1v) is 9.99. The van der Waals surface area contributed by atoms with E-state index in [4.69, 9.17) is 0 Å². The molecule has 4 aromatic carbocycles. The zero-order chi connectivity index (χ0) is 19.5. The molecular formula is C26H25NO. The predicted octanol–water partition coefficient (Wildman–Crippen LogP) is 6.50. The van der Waals surface area contributed by atoms with Crippen LogP contribution in [0.5, 0.6) is 0 Å². The number of amides is 1. The molecule has 0 fully saturated rings. The Bertz CT molecular complexity index is 1160. The van der Waals surface area contributed by atoms with Crippen molar-refractivity contribution in [3.05, 3.63) is 83.9 Å². The zero-order valence-electron chi connectivity index (χ0n) is 16.5. The molecular weight excluding hydrogens is 342 g/mol. The third-order valence-corrected chi connectivity index (χ3v) is 5.38. The first kappa shape index (κ1) is 18.2. The van der Waals surface area contributed by atoms with Gasteiger partial charge in [-0.1, -0.05) is 80.1 Å². The van der Waals surface area contributed by atoms with E-state index in [9.17, 15) is 4.79 Å². The molecule has 28 heavy (non-hydrogen) atoms. The third kappa shape index (κ3) is 3.27. The van der Waals surface area contributed by atoms with Crippen LogP contribution in [0.3, 0.4) is 0 Å². The van der Waals surface area contributed by atoms with E-state index in [-0.39, 0.29) is 5.91 Å². The van der Waals surface area contributed by atoms with Crippen molar-refractivity contribution in [2.45, 2.75) is 26.7 Å². The van der Waals surface area contributed by atoms with Crippen molar-refractivity contribution in [1.29, 1.82) is 0 Å². The van der Waals surface area contributed by atoms with Crippen molar-refractivity contribution in [2.24, 2.45) is 0 Å². The quantitative estimate of drug-likeness (QED) is 0.401. The van der Waals surface area contributed by atoms with Crippen LogP contribution in [0.1, 0.15) is 35.7 Å². The second-order valence-electron chi connectivity index (χ2n) is 7.30. The fraction of sp³-hybridized carbons (Fsp3) is 0.192. The van der Waals surface area contributed by atoms with Crippen LogP contribution in [0.4, 0.5) is 0 Å². The van der Waals surface area contributed by atoms with E-state index in [0.29, 0.717) is 6.54 Å². The zero-order valence-corrected chi connectivity index (χ0v) is 16.5. The maximum Gasteiger partial charge on any atom is 0.251 e. The summed E-state index contributed by atoms with van der Waals surface area (Å²) in [6, 6.07) is 25.1. The molecule has 0 aliphatic carbocycles. The van der Waals surface area contributed by atoms with Gasteiger partial charge in [-0.3, -0.25) is 4.79 Å². The van der Waals surface area contributed by atoms with Gasteiger partial charge in [-0.25, -0.2) is 0 Å². The number of fused-ring (bicyclic) bond motifs is 2. The van der Waals surface area contributed by atoms with E-state index < -0.39 is 0 Å². The number of hydrogen-bond donors (Lipinski definition) is 1. The third-order valence-electron chi connectivity index (χ3n) is 5.38. The standard InChI is InChI=1S/C26H25NO/c1-3-4-17-27-26(28)23-16-15-20-10-6-8-12-22(20)25(23)24-18(2)13-14-19-9-5-7-11-21(19)24/h5-16H,3-4,17H2,1-2H3,(H,27,28). The number of aryl methyl sites for hydroxylation is 1. The van der Waals surface area contributed by atoms with Crippen molar-refractivity contribution in [1.82, 2.24) is 5.32 Å². The van der Waals surface area contributed by atoms with E-state index in [0.717, 1.165) is 40.3 Å². The summed E-state index contributed by atoms with van der Waals surface area (Å²) in [6.07, 6.45) is 2.05. The second-order valence-corrected chi connectivity index (χ2v) is 7.30. The van der Waals surface area contributed by atoms with Crippen molar-refractivity contribution < 1.29 is 4.79 Å². The van der Waals surface area contributed by atoms with Gasteiger partial charge >= 0.3 is 0 Å². The number of nitrogens with one attached hydrogen (secondary N) is 1. The van der Waals surface area contributed by atoms with E-state index in [1.807, 2.05) is 24.3 Å². The van der Waals surface area contributed by atoms with Gasteiger partial charge in [0.25, 0.3) is 5.91 Å². The van der Waals surface area contributed by atoms with Crippen molar-refractivity contribution in [2.75, 3.05) is 6.54 Å². The first-order chi connectivity index (χ1) is 13.7. The van der Waals surface area contributed by atoms with Crippen LogP contribution in [-0.4, -0.2) is 12.5 Å². The van der Waals surface area contributed by atoms with Crippen LogP contribution in [0, 0.1) is 6.92 Å². The Morgan fingerprint density at radius 3 is 2.07 bits per heavy atom. The number of rotatable bonds is 5. The Morgan fingerprint density at radius 2 is 1.39 bits per heavy atom. The summed E-state index contributed by atoms with van der Waals surface area (Å²) in [7, 11) is 0. The smallest absolute Gasteiger partial charge is 0.251 e. The SMILES string of the molecule is CCCCNC(=O)c1ccc2ccccc2c1-c1c(C)ccc2ccccc12. The molecule has 0 radical (unpaired) electrons. The summed E-state index contributed by atoms with van der Waals surface area (Å²) in [4.78, 5) is 13.1. The van der Waals surface area contributed by atoms with Crippen molar-refractivity contribution in [3.8, 4) is 11.1 Å². The Balaban J connectivity index is 2.01. The highest BCUT2D eigenvalue weighted by atomic mass is 16.1. The molecule has 0 saturated heterocycles. The van der Waals surface area contributed by atoms with Gasteiger partial charge in [0.15, 0.2) is 0 Å². The molecule has 0 aliphatic rings. The number of unbranched alkanes of at least 4 members (excludes halogenated alkanes) is 1. The fourth-order valence-electron chi connectivity index (χ4n) is 3.92. The molecule has 0 unspecified atom stereocenters. The second kappa shape index (κ2) is 7.85. The first-order valence-electron chi connectivity index (χ1n) is 9.99. The molecule has 0 aromatic heterocycles. The van der Waals surface area contributed by atoms with E-state index >= 15 is 0 Å². The minimum atomic E-state index is 0.00142. The van der Waals surface area contributed by atoms with Crippen molar-refractivity contribution >= 4 is 27.5 Å². The summed E-state index contributed by atoms with van der Waals surface area (Å²) in [6.45, 7) is 4.96. The molecule has 1 amide bonds. The Kier molecular flexibility index (Phi) is 5.12. The van der Waals surface area contributed by atoms with Crippen LogP contribution in [-0.2, 0) is 0 Å². The van der Waals surface area contributed by atoms with Gasteiger partial charge in [-0.15, -0.1) is 0 Å². The molecule has 4 rings (SSSR count). The molecule has 0 bridgehead atoms. The Labute approximate surface area is 166 Å². The highest BCUT2D eigenvalue weighted by molar-refractivity contribution is 6.14. The predicted molar refractivity (Wildman–Crippen MR) is 119 cm³/mol. The Hall–Kier alpha value is -3.13. The maximum absolute atomic E-state index is 13.1. The molecule has 0 saturated carbocycles. The molecule has 0 spiro atoms. The average molecular weight is 367 g/mol. The topological polar surface area (TPSA) is 29.1 Å². The van der Waals surface area contributed by atoms with Crippen LogP contribution in [0.2, 0.25) is 0 Å². The minimum Gasteiger partial charge on any atom is -0.352 e. The molecule has 0 aliphatic heterocycles. The molecule has 140 valence electrons. The summed E-state index contributed by atoms with van der Waals surface area (Å²) >= 11 is 0. The summed E-state index contributed by atoms with van der Waals surface area (Å²) in [5.41, 5.74) is 4.10. The lowest BCUT2D eigenvalue weighted by molar-refractivity contribution is 0.0954. The van der Waals surface area contributed by atoms with Crippen LogP contribution in [0.25, 0.3) is 32.7 Å². The van der Waals surface area contributed by atoms with Crippen LogP contribution < -0.4 is 5.32 Å². The highest BCUT2D eigenvalue weighted by Crippen LogP contribution is 2.38. The maximum atomic E-state index is 13.1. The lowest BCUT2D eigenvalue weighted by Gasteiger charge is -2.17. The number of carbonyl (C=O) groups is 1. The number of benzene rings is 4. The molecule has 2 nitrogen and oxygen atoms in total. The monoisotopic (exact) mass is 367 g/mol. The van der Waals surface area contributed by atoms with Gasteiger partial charge in [0.2, 0.25) is 0 Å². The number of hydrogen-bond acceptors (Lipinski definition) is 1. The van der Waals surface area contributed by atoms with Gasteiger partial charge in [0, 0.05) is 17.7 Å². The Morgan fingerprint density at radius 1 is 0.786 bits per heavy atom. The fourth-order valence-corrected chi connectivity index (χ4v) is 3.92. The van der Waals surface area contributed by atoms with Crippen LogP contribution in [0.15, 0.2) is 72.8 Å². The van der Waals surface area contributed by atoms with Gasteiger partial charge < -0.3 is 5.32 Å². The van der Waals surface area contributed by atoms with E-state index in [2.05, 4.69) is 67.7 Å². The summed E-state index contributed by atoms with van der Waals surface area (Å²) in [5.74, 6) is 0.00142. The highest BCUT2D eigenvalue weighted by Gasteiger charge is 2.19. The molecule has 2 heteroatoms.